The van der Waals surface area contributed by atoms with E-state index in [1.807, 2.05) is 11.3 Å². The molecule has 0 bridgehead atoms. The van der Waals surface area contributed by atoms with Gasteiger partial charge in [-0.2, -0.15) is 0 Å². The van der Waals surface area contributed by atoms with Crippen molar-refractivity contribution in [3.63, 3.8) is 0 Å². The summed E-state index contributed by atoms with van der Waals surface area (Å²) in [5, 5.41) is 3.86. The molecule has 1 unspecified atom stereocenters. The molecule has 0 aliphatic heterocycles. The van der Waals surface area contributed by atoms with Gasteiger partial charge in [-0.05, 0) is 72.2 Å². The van der Waals surface area contributed by atoms with Crippen LogP contribution in [-0.4, -0.2) is 6.04 Å². The summed E-state index contributed by atoms with van der Waals surface area (Å²) in [7, 11) is 0. The maximum absolute atomic E-state index is 3.86. The molecule has 0 radical (unpaired) electrons. The van der Waals surface area contributed by atoms with E-state index in [4.69, 9.17) is 0 Å². The van der Waals surface area contributed by atoms with Crippen LogP contribution < -0.4 is 5.32 Å². The third-order valence-electron chi connectivity index (χ3n) is 3.89. The van der Waals surface area contributed by atoms with Crippen LogP contribution in [0, 0.1) is 8.80 Å². The lowest BCUT2D eigenvalue weighted by Gasteiger charge is -2.37. The third-order valence-corrected chi connectivity index (χ3v) is 5.87. The van der Waals surface area contributed by atoms with Gasteiger partial charge in [-0.3, -0.25) is 0 Å². The van der Waals surface area contributed by atoms with Gasteiger partial charge in [0.25, 0.3) is 0 Å². The van der Waals surface area contributed by atoms with Crippen molar-refractivity contribution < 1.29 is 0 Å². The molecule has 0 amide bonds. The van der Waals surface area contributed by atoms with Gasteiger partial charge in [0, 0.05) is 17.0 Å². The van der Waals surface area contributed by atoms with Crippen LogP contribution in [0.5, 0.6) is 0 Å². The summed E-state index contributed by atoms with van der Waals surface area (Å²) in [6, 6.07) is 3.85. The summed E-state index contributed by atoms with van der Waals surface area (Å²) in [5.74, 6) is 0.947. The smallest absolute Gasteiger partial charge is 0.0659 e. The van der Waals surface area contributed by atoms with Crippen molar-refractivity contribution in [1.82, 2.24) is 5.32 Å². The van der Waals surface area contributed by atoms with Gasteiger partial charge in [0.05, 0.1) is 2.88 Å². The fourth-order valence-electron chi connectivity index (χ4n) is 3.02. The van der Waals surface area contributed by atoms with Crippen LogP contribution in [0.4, 0.5) is 0 Å². The van der Waals surface area contributed by atoms with Crippen LogP contribution in [-0.2, 0) is 6.42 Å². The number of fused-ring (bicyclic) bond motifs is 1. The Morgan fingerprint density at radius 1 is 1.44 bits per heavy atom. The summed E-state index contributed by atoms with van der Waals surface area (Å²) in [6.07, 6.45) is 6.77. The minimum Gasteiger partial charge on any atom is -0.307 e. The molecular formula is C13H18INS. The summed E-state index contributed by atoms with van der Waals surface area (Å²) in [6.45, 7) is 2.36. The second kappa shape index (κ2) is 4.58. The normalized spacial score (nSPS) is 33.2. The Bertz CT molecular complexity index is 381. The highest BCUT2D eigenvalue weighted by Crippen LogP contribution is 2.38. The first-order chi connectivity index (χ1) is 7.72. The molecule has 3 heteroatoms. The molecule has 0 saturated heterocycles. The fraction of sp³-hybridized carbons (Fsp3) is 0.692. The van der Waals surface area contributed by atoms with Crippen molar-refractivity contribution in [2.45, 2.75) is 51.1 Å². The lowest BCUT2D eigenvalue weighted by atomic mass is 9.80. The Balaban J connectivity index is 1.72. The maximum atomic E-state index is 3.86. The van der Waals surface area contributed by atoms with Gasteiger partial charge in [0.2, 0.25) is 0 Å². The third kappa shape index (κ3) is 2.18. The SMILES string of the molecule is CC1CC(NC2CCCc3sc(I)cc32)C1. The monoisotopic (exact) mass is 347 g/mol. The largest absolute Gasteiger partial charge is 0.307 e. The van der Waals surface area contributed by atoms with E-state index >= 15 is 0 Å². The summed E-state index contributed by atoms with van der Waals surface area (Å²) in [4.78, 5) is 1.64. The van der Waals surface area contributed by atoms with E-state index < -0.39 is 0 Å². The molecule has 1 saturated carbocycles. The molecule has 0 aromatic carbocycles. The Morgan fingerprint density at radius 3 is 3.00 bits per heavy atom. The Morgan fingerprint density at radius 2 is 2.25 bits per heavy atom. The number of halogens is 1. The zero-order valence-corrected chi connectivity index (χ0v) is 12.6. The molecule has 16 heavy (non-hydrogen) atoms. The van der Waals surface area contributed by atoms with Crippen molar-refractivity contribution in [3.05, 3.63) is 19.4 Å². The summed E-state index contributed by atoms with van der Waals surface area (Å²) < 4.78 is 1.46. The molecule has 1 heterocycles. The minimum atomic E-state index is 0.654. The zero-order chi connectivity index (χ0) is 11.1. The van der Waals surface area contributed by atoms with Gasteiger partial charge >= 0.3 is 0 Å². The molecule has 88 valence electrons. The van der Waals surface area contributed by atoms with Crippen molar-refractivity contribution in [2.24, 2.45) is 5.92 Å². The van der Waals surface area contributed by atoms with Crippen molar-refractivity contribution >= 4 is 33.9 Å². The van der Waals surface area contributed by atoms with Crippen molar-refractivity contribution in [3.8, 4) is 0 Å². The van der Waals surface area contributed by atoms with Crippen LogP contribution in [0.3, 0.4) is 0 Å². The Hall–Kier alpha value is 0.390. The lowest BCUT2D eigenvalue weighted by molar-refractivity contribution is 0.216. The van der Waals surface area contributed by atoms with E-state index in [1.165, 1.54) is 35.0 Å². The standard InChI is InChI=1S/C13H18INS/c1-8-5-9(6-8)15-11-3-2-4-12-10(11)7-13(14)16-12/h7-9,11,15H,2-6H2,1H3. The molecule has 2 aliphatic rings. The second-order valence-corrected chi connectivity index (χ2v) is 8.34. The number of thiophene rings is 1. The first-order valence-corrected chi connectivity index (χ1v) is 8.16. The molecule has 1 aromatic rings. The number of aryl methyl sites for hydroxylation is 1. The quantitative estimate of drug-likeness (QED) is 0.794. The molecular weight excluding hydrogens is 329 g/mol. The van der Waals surface area contributed by atoms with Crippen LogP contribution in [0.15, 0.2) is 6.07 Å². The summed E-state index contributed by atoms with van der Waals surface area (Å²) in [5.41, 5.74) is 1.61. The van der Waals surface area contributed by atoms with Crippen molar-refractivity contribution in [1.29, 1.82) is 0 Å². The molecule has 3 rings (SSSR count). The summed E-state index contributed by atoms with van der Waals surface area (Å²) >= 11 is 4.46. The molecule has 1 nitrogen and oxygen atoms in total. The maximum Gasteiger partial charge on any atom is 0.0659 e. The number of hydrogen-bond donors (Lipinski definition) is 1. The second-order valence-electron chi connectivity index (χ2n) is 5.31. The number of nitrogens with one attached hydrogen (secondary N) is 1. The highest BCUT2D eigenvalue weighted by molar-refractivity contribution is 14.1. The van der Waals surface area contributed by atoms with Gasteiger partial charge < -0.3 is 5.32 Å². The van der Waals surface area contributed by atoms with Crippen LogP contribution in [0.1, 0.15) is 49.1 Å². The first-order valence-electron chi connectivity index (χ1n) is 6.26. The molecule has 1 aromatic heterocycles. The first kappa shape index (κ1) is 11.5. The highest BCUT2D eigenvalue weighted by atomic mass is 127. The topological polar surface area (TPSA) is 12.0 Å². The average molecular weight is 347 g/mol. The van der Waals surface area contributed by atoms with Gasteiger partial charge in [0.1, 0.15) is 0 Å². The van der Waals surface area contributed by atoms with Gasteiger partial charge in [-0.25, -0.2) is 0 Å². The van der Waals surface area contributed by atoms with E-state index in [1.54, 1.807) is 10.4 Å². The Kier molecular flexibility index (Phi) is 3.28. The molecule has 2 aliphatic carbocycles. The molecule has 1 N–H and O–H groups in total. The minimum absolute atomic E-state index is 0.654. The molecule has 1 fully saturated rings. The fourth-order valence-corrected chi connectivity index (χ4v) is 5.14. The predicted octanol–water partition coefficient (Wildman–Crippen LogP) is 4.12. The van der Waals surface area contributed by atoms with Gasteiger partial charge in [-0.1, -0.05) is 6.92 Å². The van der Waals surface area contributed by atoms with E-state index in [9.17, 15) is 0 Å². The van der Waals surface area contributed by atoms with E-state index in [0.29, 0.717) is 6.04 Å². The molecule has 1 atom stereocenters. The highest BCUT2D eigenvalue weighted by Gasteiger charge is 2.30. The van der Waals surface area contributed by atoms with Gasteiger partial charge in [0.15, 0.2) is 0 Å². The van der Waals surface area contributed by atoms with Crippen LogP contribution in [0.25, 0.3) is 0 Å². The molecule has 0 spiro atoms. The van der Waals surface area contributed by atoms with Crippen LogP contribution in [0.2, 0.25) is 0 Å². The zero-order valence-electron chi connectivity index (χ0n) is 9.63. The van der Waals surface area contributed by atoms with Gasteiger partial charge in [-0.15, -0.1) is 11.3 Å². The van der Waals surface area contributed by atoms with E-state index in [2.05, 4.69) is 40.9 Å². The van der Waals surface area contributed by atoms with Crippen LogP contribution >= 0.6 is 33.9 Å². The lowest BCUT2D eigenvalue weighted by Crippen LogP contribution is -2.42. The van der Waals surface area contributed by atoms with E-state index in [-0.39, 0.29) is 0 Å². The predicted molar refractivity (Wildman–Crippen MR) is 78.0 cm³/mol. The average Bonchev–Trinajstić information content (AvgIpc) is 2.57. The number of hydrogen-bond acceptors (Lipinski definition) is 2. The number of rotatable bonds is 2. The van der Waals surface area contributed by atoms with E-state index in [0.717, 1.165) is 12.0 Å². The van der Waals surface area contributed by atoms with Crippen molar-refractivity contribution in [2.75, 3.05) is 0 Å². The Labute approximate surface area is 115 Å².